The molecule has 0 spiro atoms. The van der Waals surface area contributed by atoms with Crippen molar-refractivity contribution in [3.05, 3.63) is 142 Å². The SMILES string of the molecule is Cc1ccc(C(=O)Nc2ccc(Oc3ccnn4ccc(-c5cccc(CN(C)C)c5)c34)c(F)c2)c(=O)n1-c1ccc(F)cc1. The van der Waals surface area contributed by atoms with Crippen LogP contribution in [0.4, 0.5) is 14.5 Å². The molecule has 45 heavy (non-hydrogen) atoms. The lowest BCUT2D eigenvalue weighted by atomic mass is 10.0. The van der Waals surface area contributed by atoms with E-state index in [4.69, 9.17) is 4.74 Å². The number of nitrogens with one attached hydrogen (secondary N) is 1. The first kappa shape index (κ1) is 29.5. The summed E-state index contributed by atoms with van der Waals surface area (Å²) in [4.78, 5) is 28.4. The number of ether oxygens (including phenoxy) is 1. The lowest BCUT2D eigenvalue weighted by Gasteiger charge is -2.13. The van der Waals surface area contributed by atoms with Crippen molar-refractivity contribution in [1.82, 2.24) is 19.1 Å². The number of halogens is 2. The van der Waals surface area contributed by atoms with Crippen LogP contribution in [0.1, 0.15) is 21.6 Å². The summed E-state index contributed by atoms with van der Waals surface area (Å²) in [7, 11) is 4.02. The smallest absolute Gasteiger partial charge is 0.268 e. The molecule has 1 amide bonds. The molecular formula is C35H29F2N5O3. The third kappa shape index (κ3) is 6.09. The fourth-order valence-electron chi connectivity index (χ4n) is 5.23. The van der Waals surface area contributed by atoms with Crippen molar-refractivity contribution in [2.24, 2.45) is 0 Å². The quantitative estimate of drug-likeness (QED) is 0.205. The molecular weight excluding hydrogens is 576 g/mol. The van der Waals surface area contributed by atoms with Crippen LogP contribution in [0, 0.1) is 18.6 Å². The normalized spacial score (nSPS) is 11.2. The van der Waals surface area contributed by atoms with Gasteiger partial charge < -0.3 is 15.0 Å². The number of hydrogen-bond donors (Lipinski definition) is 1. The van der Waals surface area contributed by atoms with Crippen molar-refractivity contribution >= 4 is 17.1 Å². The van der Waals surface area contributed by atoms with Crippen LogP contribution in [0.5, 0.6) is 11.5 Å². The Kier molecular flexibility index (Phi) is 7.97. The summed E-state index contributed by atoms with van der Waals surface area (Å²) in [5.41, 5.74) is 4.05. The van der Waals surface area contributed by atoms with Crippen LogP contribution < -0.4 is 15.6 Å². The average Bonchev–Trinajstić information content (AvgIpc) is 3.45. The van der Waals surface area contributed by atoms with Gasteiger partial charge in [0.2, 0.25) is 0 Å². The number of aromatic nitrogens is 3. The van der Waals surface area contributed by atoms with E-state index in [1.807, 2.05) is 38.5 Å². The van der Waals surface area contributed by atoms with E-state index in [0.29, 0.717) is 22.6 Å². The molecule has 0 radical (unpaired) electrons. The Morgan fingerprint density at radius 1 is 0.933 bits per heavy atom. The Balaban J connectivity index is 1.25. The highest BCUT2D eigenvalue weighted by Gasteiger charge is 2.18. The Bertz CT molecular complexity index is 2100. The van der Waals surface area contributed by atoms with Crippen LogP contribution >= 0.6 is 0 Å². The number of hydrogen-bond acceptors (Lipinski definition) is 5. The second-order valence-corrected chi connectivity index (χ2v) is 10.9. The van der Waals surface area contributed by atoms with Gasteiger partial charge in [0.1, 0.15) is 16.9 Å². The number of rotatable bonds is 8. The van der Waals surface area contributed by atoms with Crippen molar-refractivity contribution in [3.63, 3.8) is 0 Å². The molecule has 0 saturated heterocycles. The van der Waals surface area contributed by atoms with Gasteiger partial charge in [0, 0.05) is 47.5 Å². The first-order valence-corrected chi connectivity index (χ1v) is 14.2. The summed E-state index contributed by atoms with van der Waals surface area (Å²) in [6, 6.07) is 24.2. The number of carbonyl (C=O) groups excluding carboxylic acids is 1. The van der Waals surface area contributed by atoms with Crippen LogP contribution in [-0.2, 0) is 6.54 Å². The van der Waals surface area contributed by atoms with Gasteiger partial charge in [0.05, 0.1) is 6.20 Å². The second kappa shape index (κ2) is 12.2. The number of fused-ring (bicyclic) bond motifs is 1. The predicted octanol–water partition coefficient (Wildman–Crippen LogP) is 6.85. The summed E-state index contributed by atoms with van der Waals surface area (Å²) in [6.07, 6.45) is 3.39. The Hall–Kier alpha value is -5.61. The number of anilines is 1. The summed E-state index contributed by atoms with van der Waals surface area (Å²) in [5.74, 6) is -1.52. The first-order valence-electron chi connectivity index (χ1n) is 14.2. The average molecular weight is 606 g/mol. The molecule has 8 nitrogen and oxygen atoms in total. The van der Waals surface area contributed by atoms with E-state index < -0.39 is 23.1 Å². The zero-order valence-electron chi connectivity index (χ0n) is 24.8. The molecule has 0 aliphatic heterocycles. The number of pyridine rings is 1. The molecule has 3 aromatic heterocycles. The zero-order valence-corrected chi connectivity index (χ0v) is 24.8. The van der Waals surface area contributed by atoms with Crippen molar-refractivity contribution in [1.29, 1.82) is 0 Å². The fraction of sp³-hybridized carbons (Fsp3) is 0.114. The van der Waals surface area contributed by atoms with Gasteiger partial charge in [-0.05, 0) is 92.8 Å². The number of benzene rings is 3. The predicted molar refractivity (Wildman–Crippen MR) is 169 cm³/mol. The highest BCUT2D eigenvalue weighted by Crippen LogP contribution is 2.35. The molecule has 3 aromatic carbocycles. The van der Waals surface area contributed by atoms with Gasteiger partial charge in [-0.15, -0.1) is 0 Å². The number of nitrogens with zero attached hydrogens (tertiary/aromatic N) is 4. The van der Waals surface area contributed by atoms with Crippen LogP contribution in [0.25, 0.3) is 22.3 Å². The van der Waals surface area contributed by atoms with Gasteiger partial charge in [-0.1, -0.05) is 18.2 Å². The molecule has 10 heteroatoms. The molecule has 0 atom stereocenters. The third-order valence-corrected chi connectivity index (χ3v) is 7.27. The lowest BCUT2D eigenvalue weighted by Crippen LogP contribution is -2.29. The lowest BCUT2D eigenvalue weighted by molar-refractivity contribution is 0.102. The van der Waals surface area contributed by atoms with Crippen LogP contribution in [-0.4, -0.2) is 39.1 Å². The van der Waals surface area contributed by atoms with Gasteiger partial charge in [0.15, 0.2) is 17.3 Å². The van der Waals surface area contributed by atoms with Crippen molar-refractivity contribution in [3.8, 4) is 28.3 Å². The van der Waals surface area contributed by atoms with E-state index in [9.17, 15) is 14.0 Å². The van der Waals surface area contributed by atoms with E-state index in [-0.39, 0.29) is 17.0 Å². The number of aryl methyl sites for hydroxylation is 1. The molecule has 6 rings (SSSR count). The molecule has 1 N–H and O–H groups in total. The van der Waals surface area contributed by atoms with Gasteiger partial charge in [-0.3, -0.25) is 14.2 Å². The molecule has 0 aliphatic rings. The standard InChI is InChI=1S/C35H29F2N5O3/c1-22-7-13-29(35(44)42(22)27-11-8-25(36)9-12-27)34(43)39-26-10-14-31(30(37)20-26)45-32-15-17-38-41-18-16-28(33(32)41)24-6-4-5-23(19-24)21-40(2)3/h4-20H,21H2,1-3H3,(H,39,43). The molecule has 3 heterocycles. The minimum Gasteiger partial charge on any atom is -0.452 e. The molecule has 226 valence electrons. The topological polar surface area (TPSA) is 80.9 Å². The maximum Gasteiger partial charge on any atom is 0.268 e. The minimum atomic E-state index is -0.714. The second-order valence-electron chi connectivity index (χ2n) is 10.9. The van der Waals surface area contributed by atoms with Crippen molar-refractivity contribution in [2.75, 3.05) is 19.4 Å². The third-order valence-electron chi connectivity index (χ3n) is 7.27. The largest absolute Gasteiger partial charge is 0.452 e. The summed E-state index contributed by atoms with van der Waals surface area (Å²) >= 11 is 0. The zero-order chi connectivity index (χ0) is 31.7. The Morgan fingerprint density at radius 2 is 1.73 bits per heavy atom. The van der Waals surface area contributed by atoms with E-state index in [1.165, 1.54) is 47.0 Å². The van der Waals surface area contributed by atoms with E-state index in [0.717, 1.165) is 29.3 Å². The Labute approximate surface area is 257 Å². The fourth-order valence-corrected chi connectivity index (χ4v) is 5.23. The van der Waals surface area contributed by atoms with Crippen molar-refractivity contribution in [2.45, 2.75) is 13.5 Å². The molecule has 0 unspecified atom stereocenters. The van der Waals surface area contributed by atoms with Crippen LogP contribution in [0.3, 0.4) is 0 Å². The van der Waals surface area contributed by atoms with Gasteiger partial charge >= 0.3 is 0 Å². The monoisotopic (exact) mass is 605 g/mol. The van der Waals surface area contributed by atoms with Crippen LogP contribution in [0.2, 0.25) is 0 Å². The highest BCUT2D eigenvalue weighted by atomic mass is 19.1. The van der Waals surface area contributed by atoms with Crippen molar-refractivity contribution < 1.29 is 18.3 Å². The molecule has 0 aliphatic carbocycles. The number of amides is 1. The molecule has 0 bridgehead atoms. The highest BCUT2D eigenvalue weighted by molar-refractivity contribution is 6.04. The van der Waals surface area contributed by atoms with Gasteiger partial charge in [-0.25, -0.2) is 13.3 Å². The van der Waals surface area contributed by atoms with E-state index in [1.54, 1.807) is 29.8 Å². The van der Waals surface area contributed by atoms with Gasteiger partial charge in [-0.2, -0.15) is 5.10 Å². The Morgan fingerprint density at radius 3 is 2.49 bits per heavy atom. The van der Waals surface area contributed by atoms with Crippen LogP contribution in [0.15, 0.2) is 108 Å². The first-order chi connectivity index (χ1) is 21.7. The maximum atomic E-state index is 15.4. The maximum absolute atomic E-state index is 15.4. The summed E-state index contributed by atoms with van der Waals surface area (Å²) in [6.45, 7) is 2.49. The van der Waals surface area contributed by atoms with E-state index in [2.05, 4.69) is 27.4 Å². The molecule has 6 aromatic rings. The molecule has 0 saturated carbocycles. The summed E-state index contributed by atoms with van der Waals surface area (Å²) < 4.78 is 37.8. The minimum absolute atomic E-state index is 0.0522. The van der Waals surface area contributed by atoms with Gasteiger partial charge in [0.25, 0.3) is 11.5 Å². The van der Waals surface area contributed by atoms with E-state index >= 15 is 4.39 Å². The molecule has 0 fully saturated rings. The summed E-state index contributed by atoms with van der Waals surface area (Å²) in [5, 5.41) is 6.97. The number of carbonyl (C=O) groups is 1.